The minimum atomic E-state index is -3.93. The van der Waals surface area contributed by atoms with Gasteiger partial charge in [-0.25, -0.2) is 25.6 Å². The van der Waals surface area contributed by atoms with Crippen LogP contribution in [0.15, 0.2) is 40.1 Å². The van der Waals surface area contributed by atoms with Crippen molar-refractivity contribution >= 4 is 31.3 Å². The molecule has 35 heavy (non-hydrogen) atoms. The van der Waals surface area contributed by atoms with Crippen LogP contribution in [-0.4, -0.2) is 71.9 Å². The normalized spacial score (nSPS) is 15.3. The summed E-state index contributed by atoms with van der Waals surface area (Å²) in [5.41, 5.74) is -0.649. The molecule has 2 aromatic carbocycles. The highest BCUT2D eigenvalue weighted by Gasteiger charge is 2.29. The summed E-state index contributed by atoms with van der Waals surface area (Å²) in [6.07, 6.45) is 1.84. The second kappa shape index (κ2) is 9.38. The Morgan fingerprint density at radius 1 is 0.886 bits per heavy atom. The van der Waals surface area contributed by atoms with E-state index in [1.807, 2.05) is 0 Å². The maximum absolute atomic E-state index is 14.6. The van der Waals surface area contributed by atoms with Gasteiger partial charge in [0.05, 0.1) is 16.1 Å². The Bertz CT molecular complexity index is 1360. The SMILES string of the molecule is CC(C)(C)Oc1ccc(S(C)(=O)=O)cc1C(=O)N1CCN(c2ccc(S(C)(=O)=O)c(F)c2F)CC1. The summed E-state index contributed by atoms with van der Waals surface area (Å²) < 4.78 is 82.2. The van der Waals surface area contributed by atoms with E-state index in [0.29, 0.717) is 0 Å². The first kappa shape index (κ1) is 26.9. The number of benzene rings is 2. The number of nitrogens with zero attached hydrogens (tertiary/aromatic N) is 2. The Labute approximate surface area is 204 Å². The Morgan fingerprint density at radius 3 is 2.00 bits per heavy atom. The number of amides is 1. The molecular formula is C23H28F2N2O6S2. The Kier molecular flexibility index (Phi) is 7.20. The third-order valence-electron chi connectivity index (χ3n) is 5.36. The van der Waals surface area contributed by atoms with E-state index in [0.717, 1.165) is 18.6 Å². The highest BCUT2D eigenvalue weighted by atomic mass is 32.2. The minimum Gasteiger partial charge on any atom is -0.487 e. The molecule has 0 atom stereocenters. The van der Waals surface area contributed by atoms with E-state index in [4.69, 9.17) is 4.74 Å². The van der Waals surface area contributed by atoms with E-state index >= 15 is 0 Å². The lowest BCUT2D eigenvalue weighted by Crippen LogP contribution is -2.49. The molecule has 1 amide bonds. The van der Waals surface area contributed by atoms with Crippen molar-refractivity contribution < 1.29 is 35.1 Å². The molecule has 1 aliphatic heterocycles. The summed E-state index contributed by atoms with van der Waals surface area (Å²) in [6.45, 7) is 5.99. The fourth-order valence-corrected chi connectivity index (χ4v) is 5.08. The zero-order valence-corrected chi connectivity index (χ0v) is 21.8. The van der Waals surface area contributed by atoms with Crippen molar-refractivity contribution in [1.29, 1.82) is 0 Å². The third-order valence-corrected chi connectivity index (χ3v) is 7.58. The van der Waals surface area contributed by atoms with Crippen molar-refractivity contribution in [2.75, 3.05) is 43.6 Å². The van der Waals surface area contributed by atoms with Crippen molar-refractivity contribution in [2.45, 2.75) is 36.2 Å². The molecule has 0 aromatic heterocycles. The number of carbonyl (C=O) groups is 1. The quantitative estimate of drug-likeness (QED) is 0.586. The lowest BCUT2D eigenvalue weighted by Gasteiger charge is -2.36. The molecule has 0 aliphatic carbocycles. The molecule has 192 valence electrons. The number of piperazine rings is 1. The number of anilines is 1. The first-order valence-corrected chi connectivity index (χ1v) is 14.5. The summed E-state index contributed by atoms with van der Waals surface area (Å²) in [7, 11) is -7.50. The topological polar surface area (TPSA) is 101 Å². The van der Waals surface area contributed by atoms with E-state index in [1.54, 1.807) is 20.8 Å². The Hall–Kier alpha value is -2.73. The van der Waals surface area contributed by atoms with Crippen molar-refractivity contribution in [2.24, 2.45) is 0 Å². The zero-order chi connectivity index (χ0) is 26.3. The average molecular weight is 531 g/mol. The molecule has 0 saturated carbocycles. The van der Waals surface area contributed by atoms with Crippen molar-refractivity contribution in [3.63, 3.8) is 0 Å². The van der Waals surface area contributed by atoms with E-state index in [-0.39, 0.29) is 48.1 Å². The van der Waals surface area contributed by atoms with Gasteiger partial charge in [-0.15, -0.1) is 0 Å². The number of halogens is 2. The lowest BCUT2D eigenvalue weighted by atomic mass is 10.1. The van der Waals surface area contributed by atoms with Gasteiger partial charge in [0, 0.05) is 38.7 Å². The fraction of sp³-hybridized carbons (Fsp3) is 0.435. The number of carbonyl (C=O) groups excluding carboxylic acids is 1. The summed E-state index contributed by atoms with van der Waals surface area (Å²) in [4.78, 5) is 15.6. The van der Waals surface area contributed by atoms with E-state index < -0.39 is 47.7 Å². The van der Waals surface area contributed by atoms with Crippen LogP contribution >= 0.6 is 0 Å². The molecule has 0 bridgehead atoms. The molecule has 2 aromatic rings. The Morgan fingerprint density at radius 2 is 1.49 bits per heavy atom. The van der Waals surface area contributed by atoms with Gasteiger partial charge in [-0.1, -0.05) is 0 Å². The van der Waals surface area contributed by atoms with Gasteiger partial charge in [0.1, 0.15) is 16.2 Å². The van der Waals surface area contributed by atoms with Crippen LogP contribution in [0.2, 0.25) is 0 Å². The number of hydrogen-bond donors (Lipinski definition) is 0. The van der Waals surface area contributed by atoms with Gasteiger partial charge in [-0.05, 0) is 51.1 Å². The molecule has 0 N–H and O–H groups in total. The van der Waals surface area contributed by atoms with Crippen LogP contribution < -0.4 is 9.64 Å². The van der Waals surface area contributed by atoms with Crippen molar-refractivity contribution in [3.05, 3.63) is 47.5 Å². The van der Waals surface area contributed by atoms with Gasteiger partial charge in [0.15, 0.2) is 31.3 Å². The highest BCUT2D eigenvalue weighted by Crippen LogP contribution is 2.30. The fourth-order valence-electron chi connectivity index (χ4n) is 3.70. The van der Waals surface area contributed by atoms with Crippen LogP contribution in [-0.2, 0) is 19.7 Å². The number of ether oxygens (including phenoxy) is 1. The first-order chi connectivity index (χ1) is 16.0. The molecule has 1 heterocycles. The smallest absolute Gasteiger partial charge is 0.257 e. The zero-order valence-electron chi connectivity index (χ0n) is 20.1. The average Bonchev–Trinajstić information content (AvgIpc) is 2.73. The third kappa shape index (κ3) is 6.10. The summed E-state index contributed by atoms with van der Waals surface area (Å²) >= 11 is 0. The first-order valence-electron chi connectivity index (χ1n) is 10.7. The maximum atomic E-state index is 14.6. The standard InChI is InChI=1S/C23H28F2N2O6S2/c1-23(2,3)33-18-8-6-15(34(4,29)30)14-16(18)22(28)27-12-10-26(11-13-27)17-7-9-19(35(5,31)32)21(25)20(17)24/h6-9,14H,10-13H2,1-5H3. The predicted octanol–water partition coefficient (Wildman–Crippen LogP) is 2.91. The largest absolute Gasteiger partial charge is 0.487 e. The summed E-state index contributed by atoms with van der Waals surface area (Å²) in [5.74, 6) is -2.92. The van der Waals surface area contributed by atoms with Gasteiger partial charge < -0.3 is 14.5 Å². The minimum absolute atomic E-state index is 0.0238. The molecule has 3 rings (SSSR count). The molecule has 1 saturated heterocycles. The van der Waals surface area contributed by atoms with Crippen LogP contribution in [0.3, 0.4) is 0 Å². The van der Waals surface area contributed by atoms with Crippen LogP contribution in [0.4, 0.5) is 14.5 Å². The van der Waals surface area contributed by atoms with E-state index in [2.05, 4.69) is 0 Å². The van der Waals surface area contributed by atoms with E-state index in [9.17, 15) is 30.4 Å². The van der Waals surface area contributed by atoms with Gasteiger partial charge in [0.2, 0.25) is 0 Å². The van der Waals surface area contributed by atoms with E-state index in [1.165, 1.54) is 34.1 Å². The van der Waals surface area contributed by atoms with Crippen LogP contribution in [0.1, 0.15) is 31.1 Å². The van der Waals surface area contributed by atoms with Crippen molar-refractivity contribution in [1.82, 2.24) is 4.90 Å². The van der Waals surface area contributed by atoms with Gasteiger partial charge >= 0.3 is 0 Å². The molecule has 0 unspecified atom stereocenters. The summed E-state index contributed by atoms with van der Waals surface area (Å²) in [6, 6.07) is 6.34. The van der Waals surface area contributed by atoms with Gasteiger partial charge in [-0.3, -0.25) is 4.79 Å². The summed E-state index contributed by atoms with van der Waals surface area (Å²) in [5, 5.41) is 0. The van der Waals surface area contributed by atoms with Crippen LogP contribution in [0.5, 0.6) is 5.75 Å². The molecule has 1 aliphatic rings. The van der Waals surface area contributed by atoms with Gasteiger partial charge in [-0.2, -0.15) is 0 Å². The maximum Gasteiger partial charge on any atom is 0.257 e. The number of sulfone groups is 2. The number of rotatable bonds is 5. The van der Waals surface area contributed by atoms with Crippen molar-refractivity contribution in [3.8, 4) is 5.75 Å². The van der Waals surface area contributed by atoms with Crippen LogP contribution in [0.25, 0.3) is 0 Å². The lowest BCUT2D eigenvalue weighted by molar-refractivity contribution is 0.0730. The highest BCUT2D eigenvalue weighted by molar-refractivity contribution is 7.91. The second-order valence-electron chi connectivity index (χ2n) is 9.41. The molecular weight excluding hydrogens is 502 g/mol. The Balaban J connectivity index is 1.85. The van der Waals surface area contributed by atoms with Crippen LogP contribution in [0, 0.1) is 11.6 Å². The predicted molar refractivity (Wildman–Crippen MR) is 128 cm³/mol. The molecule has 12 heteroatoms. The van der Waals surface area contributed by atoms with Gasteiger partial charge in [0.25, 0.3) is 5.91 Å². The molecule has 0 radical (unpaired) electrons. The number of hydrogen-bond acceptors (Lipinski definition) is 7. The molecule has 8 nitrogen and oxygen atoms in total. The monoisotopic (exact) mass is 530 g/mol. The second-order valence-corrected chi connectivity index (χ2v) is 13.4. The molecule has 1 fully saturated rings. The molecule has 0 spiro atoms.